The highest BCUT2D eigenvalue weighted by Crippen LogP contribution is 2.35. The fraction of sp³-hybridized carbons (Fsp3) is 0.588. The zero-order valence-electron chi connectivity index (χ0n) is 15.4. The molecule has 2 amide bonds. The van der Waals surface area contributed by atoms with Crippen molar-refractivity contribution in [2.45, 2.75) is 19.3 Å². The van der Waals surface area contributed by atoms with Crippen molar-refractivity contribution in [1.82, 2.24) is 30.8 Å². The van der Waals surface area contributed by atoms with Crippen LogP contribution in [0.4, 0.5) is 0 Å². The zero-order valence-corrected chi connectivity index (χ0v) is 17.7. The van der Waals surface area contributed by atoms with Gasteiger partial charge in [-0.25, -0.2) is 4.98 Å². The second kappa shape index (κ2) is 9.81. The maximum Gasteiger partial charge on any atom is 0.271 e. The summed E-state index contributed by atoms with van der Waals surface area (Å²) in [4.78, 5) is 38.0. The van der Waals surface area contributed by atoms with Crippen LogP contribution in [0.2, 0.25) is 0 Å². The van der Waals surface area contributed by atoms with Gasteiger partial charge >= 0.3 is 0 Å². The lowest BCUT2D eigenvalue weighted by Crippen LogP contribution is -2.52. The first-order valence-electron chi connectivity index (χ1n) is 8.88. The highest BCUT2D eigenvalue weighted by atomic mass is 127. The van der Waals surface area contributed by atoms with E-state index in [0.717, 1.165) is 38.4 Å². The van der Waals surface area contributed by atoms with Crippen LogP contribution in [0, 0.1) is 5.41 Å². The topological polar surface area (TPSA) is 112 Å². The van der Waals surface area contributed by atoms with Crippen LogP contribution in [0.15, 0.2) is 23.6 Å². The van der Waals surface area contributed by atoms with Crippen molar-refractivity contribution >= 4 is 41.8 Å². The van der Waals surface area contributed by atoms with Gasteiger partial charge in [0, 0.05) is 64.0 Å². The number of hydrogen-bond acceptors (Lipinski definition) is 5. The Morgan fingerprint density at radius 1 is 1.37 bits per heavy atom. The van der Waals surface area contributed by atoms with E-state index in [9.17, 15) is 9.59 Å². The molecule has 2 aliphatic heterocycles. The first kappa shape index (κ1) is 21.3. The van der Waals surface area contributed by atoms with Crippen molar-refractivity contribution in [2.24, 2.45) is 10.4 Å². The molecule has 1 aromatic heterocycles. The van der Waals surface area contributed by atoms with Gasteiger partial charge in [-0.3, -0.25) is 19.6 Å². The summed E-state index contributed by atoms with van der Waals surface area (Å²) in [5.41, 5.74) is 0.320. The lowest BCUT2D eigenvalue weighted by molar-refractivity contribution is -0.119. The first-order chi connectivity index (χ1) is 12.6. The molecule has 3 heterocycles. The second-order valence-corrected chi connectivity index (χ2v) is 6.80. The number of likely N-dealkylation sites (tertiary alicyclic amines) is 1. The van der Waals surface area contributed by atoms with Crippen LogP contribution in [0.3, 0.4) is 0 Å². The number of aromatic nitrogens is 2. The van der Waals surface area contributed by atoms with E-state index < -0.39 is 0 Å². The molecule has 10 heteroatoms. The SMILES string of the molecule is CN=C(NCCNC(=O)c1cnccn1)N1CCCC2(CNC(=O)C2)C1.I. The smallest absolute Gasteiger partial charge is 0.271 e. The number of nitrogens with one attached hydrogen (secondary N) is 3. The molecular weight excluding hydrogens is 461 g/mol. The molecule has 9 nitrogen and oxygen atoms in total. The number of carbonyl (C=O) groups is 2. The Kier molecular flexibility index (Phi) is 7.75. The summed E-state index contributed by atoms with van der Waals surface area (Å²) < 4.78 is 0. The lowest BCUT2D eigenvalue weighted by atomic mass is 9.79. The third kappa shape index (κ3) is 5.50. The van der Waals surface area contributed by atoms with Crippen LogP contribution in [-0.2, 0) is 4.79 Å². The van der Waals surface area contributed by atoms with Crippen LogP contribution in [-0.4, -0.2) is 72.4 Å². The van der Waals surface area contributed by atoms with Crippen LogP contribution in [0.5, 0.6) is 0 Å². The van der Waals surface area contributed by atoms with E-state index >= 15 is 0 Å². The summed E-state index contributed by atoms with van der Waals surface area (Å²) in [6, 6.07) is 0. The van der Waals surface area contributed by atoms with Gasteiger partial charge in [-0.05, 0) is 12.8 Å². The Bertz CT molecular complexity index is 685. The minimum absolute atomic E-state index is 0. The second-order valence-electron chi connectivity index (χ2n) is 6.80. The number of amides is 2. The standard InChI is InChI=1S/C17H25N7O2.HI/c1-18-16(22-7-6-21-15(26)13-10-19-4-5-20-13)24-8-2-3-17(12-24)9-14(25)23-11-17;/h4-5,10H,2-3,6-9,11-12H2,1H3,(H,18,22)(H,21,26)(H,23,25);1H. The number of hydrogen-bond donors (Lipinski definition) is 3. The summed E-state index contributed by atoms with van der Waals surface area (Å²) in [5.74, 6) is 0.695. The van der Waals surface area contributed by atoms with E-state index in [1.807, 2.05) is 0 Å². The number of piperidine rings is 1. The minimum Gasteiger partial charge on any atom is -0.355 e. The molecule has 3 N–H and O–H groups in total. The van der Waals surface area contributed by atoms with Crippen molar-refractivity contribution < 1.29 is 9.59 Å². The van der Waals surface area contributed by atoms with Gasteiger partial charge in [-0.1, -0.05) is 0 Å². The van der Waals surface area contributed by atoms with E-state index in [1.54, 1.807) is 7.05 Å². The fourth-order valence-corrected chi connectivity index (χ4v) is 3.62. The molecule has 1 unspecified atom stereocenters. The van der Waals surface area contributed by atoms with Crippen LogP contribution >= 0.6 is 24.0 Å². The molecule has 0 radical (unpaired) electrons. The average molecular weight is 487 g/mol. The molecular formula is C17H26IN7O2. The van der Waals surface area contributed by atoms with Crippen LogP contribution < -0.4 is 16.0 Å². The Morgan fingerprint density at radius 3 is 2.85 bits per heavy atom. The molecule has 0 saturated carbocycles. The first-order valence-corrected chi connectivity index (χ1v) is 8.88. The summed E-state index contributed by atoms with van der Waals surface area (Å²) >= 11 is 0. The Balaban J connectivity index is 0.00000261. The van der Waals surface area contributed by atoms with Gasteiger partial charge in [0.25, 0.3) is 5.91 Å². The average Bonchev–Trinajstić information content (AvgIpc) is 3.02. The highest BCUT2D eigenvalue weighted by molar-refractivity contribution is 14.0. The number of nitrogens with zero attached hydrogens (tertiary/aromatic N) is 4. The van der Waals surface area contributed by atoms with Crippen molar-refractivity contribution in [1.29, 1.82) is 0 Å². The number of guanidine groups is 1. The van der Waals surface area contributed by atoms with Crippen molar-refractivity contribution in [2.75, 3.05) is 39.8 Å². The monoisotopic (exact) mass is 487 g/mol. The molecule has 2 saturated heterocycles. The van der Waals surface area contributed by atoms with Crippen molar-refractivity contribution in [3.8, 4) is 0 Å². The number of halogens is 1. The maximum atomic E-state index is 11.9. The molecule has 2 fully saturated rings. The number of rotatable bonds is 4. The third-order valence-corrected chi connectivity index (χ3v) is 4.86. The van der Waals surface area contributed by atoms with Gasteiger partial charge in [0.2, 0.25) is 5.91 Å². The lowest BCUT2D eigenvalue weighted by Gasteiger charge is -2.40. The van der Waals surface area contributed by atoms with E-state index in [-0.39, 0.29) is 41.2 Å². The number of aliphatic imine (C=N–C) groups is 1. The summed E-state index contributed by atoms with van der Waals surface area (Å²) in [7, 11) is 1.75. The molecule has 1 spiro atoms. The summed E-state index contributed by atoms with van der Waals surface area (Å²) in [5, 5.41) is 9.04. The van der Waals surface area contributed by atoms with Gasteiger partial charge in [-0.2, -0.15) is 0 Å². The van der Waals surface area contributed by atoms with Crippen LogP contribution in [0.1, 0.15) is 29.8 Å². The molecule has 27 heavy (non-hydrogen) atoms. The van der Waals surface area contributed by atoms with E-state index in [0.29, 0.717) is 25.2 Å². The van der Waals surface area contributed by atoms with E-state index in [4.69, 9.17) is 0 Å². The van der Waals surface area contributed by atoms with Crippen molar-refractivity contribution in [3.05, 3.63) is 24.3 Å². The van der Waals surface area contributed by atoms with Gasteiger partial charge in [0.05, 0.1) is 6.20 Å². The van der Waals surface area contributed by atoms with Crippen LogP contribution in [0.25, 0.3) is 0 Å². The predicted octanol–water partition coefficient (Wildman–Crippen LogP) is 0.00190. The van der Waals surface area contributed by atoms with Crippen molar-refractivity contribution in [3.63, 3.8) is 0 Å². The minimum atomic E-state index is -0.248. The molecule has 2 aliphatic rings. The fourth-order valence-electron chi connectivity index (χ4n) is 3.62. The van der Waals surface area contributed by atoms with Gasteiger partial charge < -0.3 is 20.9 Å². The molecule has 0 aromatic carbocycles. The molecule has 148 valence electrons. The van der Waals surface area contributed by atoms with E-state index in [1.165, 1.54) is 18.6 Å². The van der Waals surface area contributed by atoms with Gasteiger partial charge in [-0.15, -0.1) is 24.0 Å². The largest absolute Gasteiger partial charge is 0.355 e. The molecule has 3 rings (SSSR count). The molecule has 1 atom stereocenters. The Hall–Kier alpha value is -1.98. The summed E-state index contributed by atoms with van der Waals surface area (Å²) in [6.45, 7) is 3.49. The normalized spacial score (nSPS) is 22.2. The zero-order chi connectivity index (χ0) is 18.4. The van der Waals surface area contributed by atoms with E-state index in [2.05, 4.69) is 35.8 Å². The predicted molar refractivity (Wildman–Crippen MR) is 112 cm³/mol. The Labute approximate surface area is 175 Å². The summed E-state index contributed by atoms with van der Waals surface area (Å²) in [6.07, 6.45) is 7.15. The molecule has 1 aromatic rings. The third-order valence-electron chi connectivity index (χ3n) is 4.86. The highest BCUT2D eigenvalue weighted by Gasteiger charge is 2.42. The molecule has 0 aliphatic carbocycles. The van der Waals surface area contributed by atoms with Gasteiger partial charge in [0.1, 0.15) is 5.69 Å². The molecule has 0 bridgehead atoms. The number of carbonyl (C=O) groups excluding carboxylic acids is 2. The quantitative estimate of drug-likeness (QED) is 0.239. The Morgan fingerprint density at radius 2 is 2.19 bits per heavy atom. The maximum absolute atomic E-state index is 11.9. The van der Waals surface area contributed by atoms with Gasteiger partial charge in [0.15, 0.2) is 5.96 Å².